The number of carboxylic acids is 1. The average molecular weight is 402 g/mol. The summed E-state index contributed by atoms with van der Waals surface area (Å²) < 4.78 is 19.5. The molecule has 0 radical (unpaired) electrons. The average Bonchev–Trinajstić information content (AvgIpc) is 2.71. The number of hydrogen-bond donors (Lipinski definition) is 1. The van der Waals surface area contributed by atoms with Crippen LogP contribution in [0, 0.1) is 0 Å². The quantitative estimate of drug-likeness (QED) is 0.210. The van der Waals surface area contributed by atoms with E-state index < -0.39 is 18.1 Å². The number of unbranched alkanes of at least 4 members (excludes halogenated alkanes) is 1. The number of benzene rings is 2. The molecular weight excluding hydrogens is 384 g/mol. The number of ether oxygens (including phenoxy) is 4. The first-order valence-electron chi connectivity index (χ1n) is 8.55. The molecule has 2 rings (SSSR count). The maximum Gasteiger partial charge on any atom is 0.513 e. The highest BCUT2D eigenvalue weighted by Crippen LogP contribution is 2.17. The number of rotatable bonds is 10. The van der Waals surface area contributed by atoms with Crippen LogP contribution in [0.4, 0.5) is 4.79 Å². The zero-order valence-electron chi connectivity index (χ0n) is 15.2. The highest BCUT2D eigenvalue weighted by atomic mass is 16.7. The highest BCUT2D eigenvalue weighted by Gasteiger charge is 2.11. The van der Waals surface area contributed by atoms with Gasteiger partial charge in [-0.05, 0) is 61.4 Å². The van der Waals surface area contributed by atoms with Crippen LogP contribution in [0.1, 0.15) is 33.6 Å². The topological polar surface area (TPSA) is 125 Å². The summed E-state index contributed by atoms with van der Waals surface area (Å²) >= 11 is 0. The lowest BCUT2D eigenvalue weighted by Crippen LogP contribution is -2.12. The van der Waals surface area contributed by atoms with Gasteiger partial charge in [0.25, 0.3) is 6.47 Å². The Labute approximate surface area is 165 Å². The normalized spacial score (nSPS) is 9.93. The van der Waals surface area contributed by atoms with E-state index in [0.717, 1.165) is 0 Å². The van der Waals surface area contributed by atoms with Gasteiger partial charge in [-0.1, -0.05) is 0 Å². The molecule has 2 aromatic rings. The summed E-state index contributed by atoms with van der Waals surface area (Å²) in [5.41, 5.74) is 0.288. The molecule has 0 fully saturated rings. The van der Waals surface area contributed by atoms with Crippen molar-refractivity contribution in [3.05, 3.63) is 59.7 Å². The molecule has 29 heavy (non-hydrogen) atoms. The van der Waals surface area contributed by atoms with E-state index >= 15 is 0 Å². The fourth-order valence-electron chi connectivity index (χ4n) is 2.11. The van der Waals surface area contributed by atoms with Crippen molar-refractivity contribution in [1.82, 2.24) is 0 Å². The van der Waals surface area contributed by atoms with Crippen LogP contribution in [0.3, 0.4) is 0 Å². The summed E-state index contributed by atoms with van der Waals surface area (Å²) in [7, 11) is 0. The van der Waals surface area contributed by atoms with Gasteiger partial charge in [-0.3, -0.25) is 4.79 Å². The maximum atomic E-state index is 12.1. The monoisotopic (exact) mass is 402 g/mol. The van der Waals surface area contributed by atoms with E-state index in [1.807, 2.05) is 0 Å². The predicted octanol–water partition coefficient (Wildman–Crippen LogP) is 3.07. The van der Waals surface area contributed by atoms with Crippen molar-refractivity contribution in [2.45, 2.75) is 12.8 Å². The third kappa shape index (κ3) is 7.33. The zero-order valence-corrected chi connectivity index (χ0v) is 15.2. The van der Waals surface area contributed by atoms with Crippen molar-refractivity contribution in [3.8, 4) is 11.5 Å². The van der Waals surface area contributed by atoms with E-state index in [1.165, 1.54) is 48.5 Å². The van der Waals surface area contributed by atoms with Crippen LogP contribution >= 0.6 is 0 Å². The highest BCUT2D eigenvalue weighted by molar-refractivity contribution is 5.91. The van der Waals surface area contributed by atoms with Crippen LogP contribution in [0.15, 0.2) is 48.5 Å². The Morgan fingerprint density at radius 3 is 1.93 bits per heavy atom. The number of esters is 1. The minimum absolute atomic E-state index is 0.0764. The molecule has 0 saturated heterocycles. The van der Waals surface area contributed by atoms with E-state index in [0.29, 0.717) is 19.3 Å². The minimum atomic E-state index is -1.08. The summed E-state index contributed by atoms with van der Waals surface area (Å²) in [5.74, 6) is -1.35. The van der Waals surface area contributed by atoms with Gasteiger partial charge in [0.1, 0.15) is 11.5 Å². The first-order valence-corrected chi connectivity index (χ1v) is 8.55. The molecule has 0 atom stereocenters. The van der Waals surface area contributed by atoms with Gasteiger partial charge in [0.15, 0.2) is 0 Å². The smallest absolute Gasteiger partial charge is 0.478 e. The van der Waals surface area contributed by atoms with Crippen LogP contribution in [0.2, 0.25) is 0 Å². The van der Waals surface area contributed by atoms with Crippen LogP contribution < -0.4 is 9.47 Å². The summed E-state index contributed by atoms with van der Waals surface area (Å²) in [4.78, 5) is 44.5. The SMILES string of the molecule is O=COCCCCOC(=O)Oc1ccc(C(=O)Oc2ccc(C(=O)O)cc2)cc1. The summed E-state index contributed by atoms with van der Waals surface area (Å²) in [6, 6.07) is 11.0. The predicted molar refractivity (Wildman–Crippen MR) is 98.0 cm³/mol. The minimum Gasteiger partial charge on any atom is -0.478 e. The van der Waals surface area contributed by atoms with Crippen LogP contribution in [-0.2, 0) is 14.3 Å². The Bertz CT molecular complexity index is 841. The van der Waals surface area contributed by atoms with Gasteiger partial charge in [0.05, 0.1) is 24.3 Å². The first-order chi connectivity index (χ1) is 14.0. The number of carbonyl (C=O) groups excluding carboxylic acids is 3. The fraction of sp³-hybridized carbons (Fsp3) is 0.200. The third-order valence-corrected chi connectivity index (χ3v) is 3.55. The number of hydrogen-bond acceptors (Lipinski definition) is 8. The molecular formula is C20H18O9. The van der Waals surface area contributed by atoms with Gasteiger partial charge in [0, 0.05) is 0 Å². The number of carboxylic acid groups (broad SMARTS) is 1. The Morgan fingerprint density at radius 2 is 1.34 bits per heavy atom. The van der Waals surface area contributed by atoms with E-state index in [2.05, 4.69) is 4.74 Å². The molecule has 0 saturated carbocycles. The summed E-state index contributed by atoms with van der Waals surface area (Å²) in [5, 5.41) is 8.85. The molecule has 152 valence electrons. The summed E-state index contributed by atoms with van der Waals surface area (Å²) in [6.07, 6.45) is 0.179. The lowest BCUT2D eigenvalue weighted by molar-refractivity contribution is -0.128. The van der Waals surface area contributed by atoms with Crippen LogP contribution in [0.5, 0.6) is 11.5 Å². The van der Waals surface area contributed by atoms with E-state index in [4.69, 9.17) is 19.3 Å². The second kappa shape index (κ2) is 11.1. The molecule has 1 N–H and O–H groups in total. The molecule has 2 aromatic carbocycles. The Morgan fingerprint density at radius 1 is 0.793 bits per heavy atom. The van der Waals surface area contributed by atoms with Crippen molar-refractivity contribution in [2.75, 3.05) is 13.2 Å². The molecule has 9 heteroatoms. The molecule has 0 bridgehead atoms. The molecule has 0 unspecified atom stereocenters. The van der Waals surface area contributed by atoms with E-state index in [-0.39, 0.29) is 35.8 Å². The first kappa shape index (κ1) is 21.4. The molecule has 9 nitrogen and oxygen atoms in total. The largest absolute Gasteiger partial charge is 0.513 e. The Hall–Kier alpha value is -3.88. The summed E-state index contributed by atoms with van der Waals surface area (Å²) in [6.45, 7) is 0.721. The maximum absolute atomic E-state index is 12.1. The Kier molecular flexibility index (Phi) is 8.18. The molecule has 0 spiro atoms. The van der Waals surface area contributed by atoms with Crippen molar-refractivity contribution >= 4 is 24.6 Å². The van der Waals surface area contributed by atoms with Gasteiger partial charge in [-0.25, -0.2) is 14.4 Å². The molecule has 0 aliphatic heterocycles. The van der Waals surface area contributed by atoms with E-state index in [1.54, 1.807) is 0 Å². The Balaban J connectivity index is 1.79. The van der Waals surface area contributed by atoms with Crippen molar-refractivity contribution in [1.29, 1.82) is 0 Å². The second-order valence-corrected chi connectivity index (χ2v) is 5.62. The van der Waals surface area contributed by atoms with Crippen LogP contribution in [0.25, 0.3) is 0 Å². The molecule has 0 amide bonds. The van der Waals surface area contributed by atoms with Crippen molar-refractivity contribution < 1.29 is 43.2 Å². The molecule has 0 aliphatic carbocycles. The van der Waals surface area contributed by atoms with Crippen molar-refractivity contribution in [3.63, 3.8) is 0 Å². The van der Waals surface area contributed by atoms with Gasteiger partial charge >= 0.3 is 18.1 Å². The molecule has 0 aromatic heterocycles. The lowest BCUT2D eigenvalue weighted by Gasteiger charge is -2.07. The van der Waals surface area contributed by atoms with Gasteiger partial charge < -0.3 is 24.1 Å². The number of carbonyl (C=O) groups is 4. The molecule has 0 aliphatic rings. The number of aromatic carboxylic acids is 1. The molecule has 0 heterocycles. The van der Waals surface area contributed by atoms with Crippen molar-refractivity contribution in [2.24, 2.45) is 0 Å². The standard InChI is InChI=1S/C20H18O9/c21-13-26-11-1-2-12-27-20(25)29-17-9-5-15(6-10-17)19(24)28-16-7-3-14(4-8-16)18(22)23/h3-10,13H,1-2,11-12H2,(H,22,23). The lowest BCUT2D eigenvalue weighted by atomic mass is 10.2. The van der Waals surface area contributed by atoms with Gasteiger partial charge in [0.2, 0.25) is 0 Å². The zero-order chi connectivity index (χ0) is 21.1. The second-order valence-electron chi connectivity index (χ2n) is 5.62. The van der Waals surface area contributed by atoms with Gasteiger partial charge in [-0.15, -0.1) is 0 Å². The fourth-order valence-corrected chi connectivity index (χ4v) is 2.11. The van der Waals surface area contributed by atoms with Crippen LogP contribution in [-0.4, -0.2) is 42.9 Å². The third-order valence-electron chi connectivity index (χ3n) is 3.55. The van der Waals surface area contributed by atoms with E-state index in [9.17, 15) is 19.2 Å². The van der Waals surface area contributed by atoms with Gasteiger partial charge in [-0.2, -0.15) is 0 Å².